The van der Waals surface area contributed by atoms with E-state index in [9.17, 15) is 13.2 Å². The molecule has 29 heavy (non-hydrogen) atoms. The van der Waals surface area contributed by atoms with Gasteiger partial charge in [0.15, 0.2) is 17.5 Å². The summed E-state index contributed by atoms with van der Waals surface area (Å²) in [7, 11) is 0. The Morgan fingerprint density at radius 2 is 1.48 bits per heavy atom. The summed E-state index contributed by atoms with van der Waals surface area (Å²) in [4.78, 5) is 0. The van der Waals surface area contributed by atoms with Crippen molar-refractivity contribution in [2.45, 2.75) is 83.0 Å². The van der Waals surface area contributed by atoms with Gasteiger partial charge in [-0.05, 0) is 98.8 Å². The van der Waals surface area contributed by atoms with Crippen molar-refractivity contribution in [2.75, 3.05) is 0 Å². The van der Waals surface area contributed by atoms with Crippen molar-refractivity contribution in [3.63, 3.8) is 0 Å². The molecule has 4 heteroatoms. The number of unbranched alkanes of at least 4 members (excludes halogenated alkanes) is 1. The molecule has 0 heterocycles. The highest BCUT2D eigenvalue weighted by Crippen LogP contribution is 2.39. The van der Waals surface area contributed by atoms with E-state index in [4.69, 9.17) is 5.26 Å². The molecule has 2 aliphatic carbocycles. The van der Waals surface area contributed by atoms with E-state index in [1.54, 1.807) is 12.1 Å². The second-order valence-corrected chi connectivity index (χ2v) is 9.08. The van der Waals surface area contributed by atoms with Crippen molar-refractivity contribution >= 4 is 0 Å². The topological polar surface area (TPSA) is 23.8 Å². The van der Waals surface area contributed by atoms with Gasteiger partial charge in [0.05, 0.1) is 0 Å². The molecule has 0 saturated heterocycles. The van der Waals surface area contributed by atoms with Gasteiger partial charge in [-0.25, -0.2) is 8.78 Å². The van der Waals surface area contributed by atoms with Crippen LogP contribution in [0.5, 0.6) is 0 Å². The van der Waals surface area contributed by atoms with Crippen LogP contribution in [0, 0.1) is 40.7 Å². The fourth-order valence-corrected chi connectivity index (χ4v) is 5.30. The molecule has 0 radical (unpaired) electrons. The first kappa shape index (κ1) is 21.9. The number of halogens is 3. The van der Waals surface area contributed by atoms with E-state index in [0.717, 1.165) is 55.9 Å². The van der Waals surface area contributed by atoms with Gasteiger partial charge in [0.25, 0.3) is 0 Å². The molecule has 0 aromatic heterocycles. The van der Waals surface area contributed by atoms with Gasteiger partial charge in [-0.15, -0.1) is 0 Å². The van der Waals surface area contributed by atoms with E-state index < -0.39 is 17.5 Å². The van der Waals surface area contributed by atoms with Crippen LogP contribution in [-0.4, -0.2) is 0 Å². The minimum absolute atomic E-state index is 0.246. The van der Waals surface area contributed by atoms with Crippen molar-refractivity contribution in [1.29, 1.82) is 5.26 Å². The third kappa shape index (κ3) is 6.63. The zero-order chi connectivity index (χ0) is 20.6. The highest BCUT2D eigenvalue weighted by molar-refractivity contribution is 5.22. The van der Waals surface area contributed by atoms with Crippen LogP contribution in [0.25, 0.3) is 0 Å². The summed E-state index contributed by atoms with van der Waals surface area (Å²) in [5.74, 6) is 0.0201. The average molecular weight is 404 g/mol. The van der Waals surface area contributed by atoms with Crippen molar-refractivity contribution in [1.82, 2.24) is 0 Å². The lowest BCUT2D eigenvalue weighted by molar-refractivity contribution is 0.272. The summed E-state index contributed by atoms with van der Waals surface area (Å²) < 4.78 is 39.6. The van der Waals surface area contributed by atoms with E-state index in [2.05, 4.69) is 0 Å². The lowest BCUT2D eigenvalue weighted by Gasteiger charge is -2.29. The van der Waals surface area contributed by atoms with Crippen molar-refractivity contribution < 1.29 is 13.2 Å². The SMILES string of the molecule is N#C/C(F)=C/[C@H]1CC[C@H](CCCC[C@H]2CC[C@H](c3ccc(F)c(F)c3)CC2)CC1. The minimum atomic E-state index is -0.762. The highest BCUT2D eigenvalue weighted by Gasteiger charge is 2.24. The maximum Gasteiger partial charge on any atom is 0.196 e. The van der Waals surface area contributed by atoms with Crippen molar-refractivity contribution in [2.24, 2.45) is 17.8 Å². The largest absolute Gasteiger partial charge is 0.204 e. The number of nitriles is 1. The third-order valence-electron chi connectivity index (χ3n) is 7.12. The molecule has 1 aromatic rings. The standard InChI is InChI=1S/C25H32F3N/c26-23(17-29)15-20-7-5-18(6-8-20)3-1-2-4-19-9-11-21(12-10-19)22-13-14-24(27)25(28)16-22/h13-16,18-21H,1-12H2/b23-15-/t18-,19-,20-,21-. The lowest BCUT2D eigenvalue weighted by atomic mass is 9.76. The molecule has 2 saturated carbocycles. The van der Waals surface area contributed by atoms with Crippen LogP contribution < -0.4 is 0 Å². The summed E-state index contributed by atoms with van der Waals surface area (Å²) >= 11 is 0. The predicted molar refractivity (Wildman–Crippen MR) is 110 cm³/mol. The summed E-state index contributed by atoms with van der Waals surface area (Å²) in [6, 6.07) is 5.94. The molecule has 1 aromatic carbocycles. The van der Waals surface area contributed by atoms with E-state index in [-0.39, 0.29) is 5.92 Å². The molecule has 158 valence electrons. The molecule has 0 spiro atoms. The molecule has 2 aliphatic rings. The van der Waals surface area contributed by atoms with Crippen LogP contribution in [0.15, 0.2) is 30.1 Å². The average Bonchev–Trinajstić information content (AvgIpc) is 2.74. The van der Waals surface area contributed by atoms with E-state index in [1.807, 2.05) is 0 Å². The molecule has 0 atom stereocenters. The quantitative estimate of drug-likeness (QED) is 0.334. The number of benzene rings is 1. The zero-order valence-electron chi connectivity index (χ0n) is 17.2. The Morgan fingerprint density at radius 1 is 0.897 bits per heavy atom. The number of nitrogens with zero attached hydrogens (tertiary/aromatic N) is 1. The zero-order valence-corrected chi connectivity index (χ0v) is 17.2. The Bertz CT molecular complexity index is 720. The van der Waals surface area contributed by atoms with Crippen LogP contribution in [-0.2, 0) is 0 Å². The van der Waals surface area contributed by atoms with Crippen LogP contribution >= 0.6 is 0 Å². The lowest BCUT2D eigenvalue weighted by Crippen LogP contribution is -2.15. The summed E-state index contributed by atoms with van der Waals surface area (Å²) in [5.41, 5.74) is 0.947. The maximum absolute atomic E-state index is 13.5. The number of allylic oxidation sites excluding steroid dienone is 2. The first-order valence-electron chi connectivity index (χ1n) is 11.3. The molecular weight excluding hydrogens is 371 g/mol. The van der Waals surface area contributed by atoms with Crippen LogP contribution in [0.1, 0.15) is 88.5 Å². The third-order valence-corrected chi connectivity index (χ3v) is 7.12. The first-order valence-corrected chi connectivity index (χ1v) is 11.3. The van der Waals surface area contributed by atoms with Crippen LogP contribution in [0.3, 0.4) is 0 Å². The molecule has 1 nitrogen and oxygen atoms in total. The normalized spacial score (nSPS) is 28.1. The fraction of sp³-hybridized carbons (Fsp3) is 0.640. The molecule has 2 fully saturated rings. The molecule has 3 rings (SSSR count). The second kappa shape index (κ2) is 10.9. The Kier molecular flexibility index (Phi) is 8.21. The van der Waals surface area contributed by atoms with Crippen LogP contribution in [0.2, 0.25) is 0 Å². The number of hydrogen-bond acceptors (Lipinski definition) is 1. The van der Waals surface area contributed by atoms with Crippen molar-refractivity contribution in [3.05, 3.63) is 47.3 Å². The van der Waals surface area contributed by atoms with Gasteiger partial charge in [-0.2, -0.15) is 9.65 Å². The molecule has 0 amide bonds. The fourth-order valence-electron chi connectivity index (χ4n) is 5.30. The van der Waals surface area contributed by atoms with E-state index >= 15 is 0 Å². The van der Waals surface area contributed by atoms with Gasteiger partial charge in [-0.1, -0.05) is 31.7 Å². The van der Waals surface area contributed by atoms with Gasteiger partial charge in [-0.3, -0.25) is 0 Å². The highest BCUT2D eigenvalue weighted by atomic mass is 19.2. The number of rotatable bonds is 7. The Morgan fingerprint density at radius 3 is 2.03 bits per heavy atom. The monoisotopic (exact) mass is 403 g/mol. The second-order valence-electron chi connectivity index (χ2n) is 9.08. The Balaban J connectivity index is 1.29. The van der Waals surface area contributed by atoms with Crippen molar-refractivity contribution in [3.8, 4) is 6.07 Å². The predicted octanol–water partition coefficient (Wildman–Crippen LogP) is 7.98. The smallest absolute Gasteiger partial charge is 0.196 e. The molecular formula is C25H32F3N. The molecule has 0 unspecified atom stereocenters. The summed E-state index contributed by atoms with van der Waals surface area (Å²) in [5, 5.41) is 8.54. The van der Waals surface area contributed by atoms with E-state index in [0.29, 0.717) is 5.92 Å². The Hall–Kier alpha value is -1.76. The molecule has 0 N–H and O–H groups in total. The van der Waals surface area contributed by atoms with Gasteiger partial charge in [0, 0.05) is 0 Å². The first-order chi connectivity index (χ1) is 14.0. The maximum atomic E-state index is 13.5. The molecule has 0 aliphatic heterocycles. The van der Waals surface area contributed by atoms with Gasteiger partial charge >= 0.3 is 0 Å². The van der Waals surface area contributed by atoms with Crippen LogP contribution in [0.4, 0.5) is 13.2 Å². The summed E-state index contributed by atoms with van der Waals surface area (Å²) in [6.45, 7) is 0. The minimum Gasteiger partial charge on any atom is -0.204 e. The summed E-state index contributed by atoms with van der Waals surface area (Å²) in [6.07, 6.45) is 15.4. The van der Waals surface area contributed by atoms with Gasteiger partial charge in [0.1, 0.15) is 6.07 Å². The Labute approximate surface area is 173 Å². The van der Waals surface area contributed by atoms with Gasteiger partial charge in [0.2, 0.25) is 0 Å². The van der Waals surface area contributed by atoms with Gasteiger partial charge < -0.3 is 0 Å². The number of hydrogen-bond donors (Lipinski definition) is 0. The van der Waals surface area contributed by atoms with E-state index in [1.165, 1.54) is 56.7 Å². The molecule has 0 bridgehead atoms.